The number of nitrogens with zero attached hydrogens (tertiary/aromatic N) is 1. The van der Waals surface area contributed by atoms with Crippen molar-refractivity contribution >= 4 is 28.4 Å². The second-order valence-electron chi connectivity index (χ2n) is 8.58. The fourth-order valence-electron chi connectivity index (χ4n) is 3.73. The first-order chi connectivity index (χ1) is 15.8. The average molecular weight is 448 g/mol. The van der Waals surface area contributed by atoms with Crippen molar-refractivity contribution < 1.29 is 9.59 Å². The number of benzene rings is 2. The van der Waals surface area contributed by atoms with Gasteiger partial charge in [-0.1, -0.05) is 62.7 Å². The Labute approximate surface area is 195 Å². The molecule has 2 amide bonds. The van der Waals surface area contributed by atoms with E-state index in [1.165, 1.54) is 0 Å². The monoisotopic (exact) mass is 447 g/mol. The molecule has 33 heavy (non-hydrogen) atoms. The predicted molar refractivity (Wildman–Crippen MR) is 132 cm³/mol. The summed E-state index contributed by atoms with van der Waals surface area (Å²) in [5, 5.41) is 7.95. The number of rotatable bonds is 9. The van der Waals surface area contributed by atoms with Gasteiger partial charge >= 0.3 is 0 Å². The summed E-state index contributed by atoms with van der Waals surface area (Å²) < 4.78 is 0. The van der Waals surface area contributed by atoms with E-state index in [0.29, 0.717) is 12.2 Å². The Morgan fingerprint density at radius 2 is 1.82 bits per heavy atom. The zero-order chi connectivity index (χ0) is 24.0. The third-order valence-electron chi connectivity index (χ3n) is 6.14. The smallest absolute Gasteiger partial charge is 0.243 e. The van der Waals surface area contributed by atoms with Gasteiger partial charge in [0.05, 0.1) is 6.04 Å². The summed E-state index contributed by atoms with van der Waals surface area (Å²) in [4.78, 5) is 30.2. The van der Waals surface area contributed by atoms with E-state index < -0.39 is 12.1 Å². The number of nitrogen functional groups attached to an aromatic ring is 1. The first-order valence-corrected chi connectivity index (χ1v) is 11.3. The van der Waals surface area contributed by atoms with Crippen molar-refractivity contribution in [1.29, 1.82) is 0 Å². The number of carbonyl (C=O) groups is 2. The third kappa shape index (κ3) is 6.08. The number of aromatic nitrogens is 1. The fourth-order valence-corrected chi connectivity index (χ4v) is 3.73. The van der Waals surface area contributed by atoms with Crippen LogP contribution in [0, 0.1) is 12.8 Å². The second kappa shape index (κ2) is 10.9. The largest absolute Gasteiger partial charge is 0.383 e. The van der Waals surface area contributed by atoms with Gasteiger partial charge in [0.2, 0.25) is 11.8 Å². The number of hydrogen-bond acceptors (Lipinski definition) is 5. The minimum Gasteiger partial charge on any atom is -0.383 e. The lowest BCUT2D eigenvalue weighted by Crippen LogP contribution is -2.53. The van der Waals surface area contributed by atoms with Gasteiger partial charge in [-0.15, -0.1) is 0 Å². The normalized spacial score (nSPS) is 13.8. The molecular weight excluding hydrogens is 414 g/mol. The zero-order valence-corrected chi connectivity index (χ0v) is 19.5. The van der Waals surface area contributed by atoms with Crippen LogP contribution in [0.2, 0.25) is 0 Å². The van der Waals surface area contributed by atoms with Gasteiger partial charge in [0.15, 0.2) is 0 Å². The molecule has 7 heteroatoms. The predicted octanol–water partition coefficient (Wildman–Crippen LogP) is 2.84. The number of carbonyl (C=O) groups excluding carboxylic acids is 2. The molecule has 1 aromatic heterocycles. The van der Waals surface area contributed by atoms with Crippen LogP contribution in [0.1, 0.15) is 37.0 Å². The topological polar surface area (TPSA) is 123 Å². The van der Waals surface area contributed by atoms with Crippen LogP contribution in [0.3, 0.4) is 0 Å². The molecule has 0 aliphatic heterocycles. The molecule has 0 aliphatic rings. The molecule has 0 radical (unpaired) electrons. The van der Waals surface area contributed by atoms with Crippen molar-refractivity contribution in [3.63, 3.8) is 0 Å². The van der Waals surface area contributed by atoms with E-state index in [-0.39, 0.29) is 24.3 Å². The maximum atomic E-state index is 13.2. The molecule has 3 rings (SSSR count). The number of hydrogen-bond donors (Lipinski definition) is 4. The summed E-state index contributed by atoms with van der Waals surface area (Å²) in [6.45, 7) is 6.07. The van der Waals surface area contributed by atoms with Crippen molar-refractivity contribution in [2.75, 3.05) is 5.73 Å². The van der Waals surface area contributed by atoms with Gasteiger partial charge in [-0.25, -0.2) is 4.98 Å². The van der Waals surface area contributed by atoms with Crippen molar-refractivity contribution in [3.8, 4) is 0 Å². The second-order valence-corrected chi connectivity index (χ2v) is 8.58. The Hall–Kier alpha value is -3.45. The van der Waals surface area contributed by atoms with E-state index in [1.54, 1.807) is 6.20 Å². The number of nitrogens with two attached hydrogens (primary N) is 2. The highest BCUT2D eigenvalue weighted by Gasteiger charge is 2.26. The molecule has 0 aliphatic carbocycles. The minimum atomic E-state index is -0.763. The van der Waals surface area contributed by atoms with Crippen LogP contribution in [0.25, 0.3) is 10.8 Å². The highest BCUT2D eigenvalue weighted by Crippen LogP contribution is 2.20. The van der Waals surface area contributed by atoms with Crippen LogP contribution < -0.4 is 22.1 Å². The van der Waals surface area contributed by atoms with E-state index in [9.17, 15) is 9.59 Å². The third-order valence-corrected chi connectivity index (χ3v) is 6.14. The summed E-state index contributed by atoms with van der Waals surface area (Å²) in [6, 6.07) is 14.4. The molecule has 7 nitrogen and oxygen atoms in total. The zero-order valence-electron chi connectivity index (χ0n) is 19.5. The lowest BCUT2D eigenvalue weighted by molar-refractivity contribution is -0.130. The van der Waals surface area contributed by atoms with Gasteiger partial charge in [-0.05, 0) is 46.4 Å². The highest BCUT2D eigenvalue weighted by molar-refractivity contribution is 5.91. The molecule has 174 valence electrons. The summed E-state index contributed by atoms with van der Waals surface area (Å²) in [5.74, 6) is -0.128. The van der Waals surface area contributed by atoms with E-state index in [0.717, 1.165) is 33.9 Å². The first-order valence-electron chi connectivity index (χ1n) is 11.3. The van der Waals surface area contributed by atoms with Gasteiger partial charge < -0.3 is 22.1 Å². The molecule has 0 spiro atoms. The first kappa shape index (κ1) is 24.2. The van der Waals surface area contributed by atoms with Gasteiger partial charge in [0.1, 0.15) is 11.9 Å². The molecule has 0 bridgehead atoms. The molecule has 3 aromatic rings. The van der Waals surface area contributed by atoms with Gasteiger partial charge in [0, 0.05) is 19.2 Å². The molecule has 3 atom stereocenters. The highest BCUT2D eigenvalue weighted by atomic mass is 16.2. The molecule has 0 fully saturated rings. The Bertz CT molecular complexity index is 1130. The Kier molecular flexibility index (Phi) is 8.01. The molecule has 6 N–H and O–H groups in total. The van der Waals surface area contributed by atoms with Crippen molar-refractivity contribution in [2.45, 2.75) is 52.2 Å². The van der Waals surface area contributed by atoms with E-state index >= 15 is 0 Å². The molecule has 2 aromatic carbocycles. The van der Waals surface area contributed by atoms with Crippen molar-refractivity contribution in [2.24, 2.45) is 11.7 Å². The molecule has 1 unspecified atom stereocenters. The minimum absolute atomic E-state index is 0.00935. The molecule has 0 saturated heterocycles. The van der Waals surface area contributed by atoms with E-state index in [4.69, 9.17) is 11.5 Å². The summed E-state index contributed by atoms with van der Waals surface area (Å²) >= 11 is 0. The van der Waals surface area contributed by atoms with Crippen LogP contribution in [0.15, 0.2) is 54.7 Å². The van der Waals surface area contributed by atoms with Gasteiger partial charge in [0.25, 0.3) is 0 Å². The maximum Gasteiger partial charge on any atom is 0.243 e. The number of aryl methyl sites for hydroxylation is 1. The van der Waals surface area contributed by atoms with Gasteiger partial charge in [-0.3, -0.25) is 9.59 Å². The number of pyridine rings is 1. The molecular formula is C26H33N5O2. The maximum absolute atomic E-state index is 13.2. The quantitative estimate of drug-likeness (QED) is 0.402. The fraction of sp³-hybridized carbons (Fsp3) is 0.346. The summed E-state index contributed by atoms with van der Waals surface area (Å²) in [6.07, 6.45) is 2.77. The Balaban J connectivity index is 1.81. The van der Waals surface area contributed by atoms with Gasteiger partial charge in [-0.2, -0.15) is 0 Å². The number of amides is 2. The van der Waals surface area contributed by atoms with Crippen LogP contribution in [0.5, 0.6) is 0 Å². The lowest BCUT2D eigenvalue weighted by Gasteiger charge is -2.23. The Morgan fingerprint density at radius 1 is 1.09 bits per heavy atom. The van der Waals surface area contributed by atoms with Crippen LogP contribution in [-0.4, -0.2) is 28.9 Å². The summed E-state index contributed by atoms with van der Waals surface area (Å²) in [5.41, 5.74) is 14.6. The summed E-state index contributed by atoms with van der Waals surface area (Å²) in [7, 11) is 0. The number of anilines is 1. The SMILES string of the molecule is CCC(C)[C@@H](N)C(=O)N[C@@H](Cc1cccc2ccccc12)C(=O)NCc1cnc(N)c(C)c1. The number of fused-ring (bicyclic) bond motifs is 1. The van der Waals surface area contributed by atoms with Crippen LogP contribution in [-0.2, 0) is 22.6 Å². The average Bonchev–Trinajstić information content (AvgIpc) is 2.83. The van der Waals surface area contributed by atoms with Crippen LogP contribution >= 0.6 is 0 Å². The van der Waals surface area contributed by atoms with Crippen molar-refractivity contribution in [1.82, 2.24) is 15.6 Å². The number of nitrogens with one attached hydrogen (secondary N) is 2. The van der Waals surface area contributed by atoms with Crippen LogP contribution in [0.4, 0.5) is 5.82 Å². The molecule has 1 heterocycles. The van der Waals surface area contributed by atoms with Crippen molar-refractivity contribution in [3.05, 3.63) is 71.4 Å². The van der Waals surface area contributed by atoms with E-state index in [2.05, 4.69) is 15.6 Å². The Morgan fingerprint density at radius 3 is 2.55 bits per heavy atom. The van der Waals surface area contributed by atoms with E-state index in [1.807, 2.05) is 69.3 Å². The molecule has 0 saturated carbocycles. The lowest BCUT2D eigenvalue weighted by atomic mass is 9.96. The standard InChI is InChI=1S/C26H33N5O2/c1-4-16(2)23(27)26(33)31-22(13-20-10-7-9-19-8-5-6-11-21(19)20)25(32)30-15-18-12-17(3)24(28)29-14-18/h5-12,14,16,22-23H,4,13,15,27H2,1-3H3,(H2,28,29)(H,30,32)(H,31,33)/t16?,22-,23+/m0/s1.